The van der Waals surface area contributed by atoms with Crippen molar-refractivity contribution in [3.63, 3.8) is 0 Å². The van der Waals surface area contributed by atoms with Crippen LogP contribution in [0.25, 0.3) is 22.8 Å². The average Bonchev–Trinajstić information content (AvgIpc) is 3.34. The summed E-state index contributed by atoms with van der Waals surface area (Å²) in [5.41, 5.74) is 2.25. The van der Waals surface area contributed by atoms with Gasteiger partial charge >= 0.3 is 0 Å². The van der Waals surface area contributed by atoms with Gasteiger partial charge in [0.15, 0.2) is 5.76 Å². The molecule has 5 heteroatoms. The van der Waals surface area contributed by atoms with Crippen LogP contribution in [-0.2, 0) is 0 Å². The van der Waals surface area contributed by atoms with Crippen LogP contribution in [-0.4, -0.2) is 28.9 Å². The molecule has 2 heterocycles. The summed E-state index contributed by atoms with van der Waals surface area (Å²) in [6, 6.07) is 14.9. The number of hydrogen-bond donors (Lipinski definition) is 0. The van der Waals surface area contributed by atoms with E-state index in [9.17, 15) is 4.79 Å². The fourth-order valence-corrected chi connectivity index (χ4v) is 3.22. The van der Waals surface area contributed by atoms with E-state index >= 15 is 0 Å². The number of likely N-dealkylation sites (tertiary alicyclic amines) is 1. The summed E-state index contributed by atoms with van der Waals surface area (Å²) in [6.45, 7) is 1.63. The molecule has 0 spiro atoms. The highest BCUT2D eigenvalue weighted by atomic mass is 35.5. The Labute approximate surface area is 151 Å². The lowest BCUT2D eigenvalue weighted by Crippen LogP contribution is -2.28. The van der Waals surface area contributed by atoms with Crippen molar-refractivity contribution in [2.75, 3.05) is 13.1 Å². The molecule has 0 N–H and O–H groups in total. The molecule has 4 nitrogen and oxygen atoms in total. The van der Waals surface area contributed by atoms with Gasteiger partial charge in [0.25, 0.3) is 5.91 Å². The van der Waals surface area contributed by atoms with Gasteiger partial charge in [0.2, 0.25) is 5.89 Å². The number of amides is 1. The fraction of sp³-hybridized carbons (Fsp3) is 0.200. The minimum absolute atomic E-state index is 0.0411. The van der Waals surface area contributed by atoms with E-state index < -0.39 is 0 Å². The van der Waals surface area contributed by atoms with Crippen LogP contribution in [0.2, 0.25) is 5.02 Å². The van der Waals surface area contributed by atoms with Gasteiger partial charge in [-0.3, -0.25) is 4.79 Å². The summed E-state index contributed by atoms with van der Waals surface area (Å²) >= 11 is 5.93. The maximum Gasteiger partial charge on any atom is 0.254 e. The van der Waals surface area contributed by atoms with Crippen LogP contribution >= 0.6 is 11.6 Å². The zero-order chi connectivity index (χ0) is 17.2. The Hall–Kier alpha value is -2.59. The first kappa shape index (κ1) is 15.9. The summed E-state index contributed by atoms with van der Waals surface area (Å²) in [7, 11) is 0. The number of hydrogen-bond acceptors (Lipinski definition) is 3. The Morgan fingerprint density at radius 3 is 2.52 bits per heavy atom. The van der Waals surface area contributed by atoms with Crippen molar-refractivity contribution in [3.05, 3.63) is 65.3 Å². The molecule has 1 saturated heterocycles. The van der Waals surface area contributed by atoms with Crippen molar-refractivity contribution >= 4 is 17.5 Å². The molecule has 4 rings (SSSR count). The summed E-state index contributed by atoms with van der Waals surface area (Å²) in [6.07, 6.45) is 3.80. The van der Waals surface area contributed by atoms with Crippen LogP contribution in [0.3, 0.4) is 0 Å². The van der Waals surface area contributed by atoms with Crippen molar-refractivity contribution in [1.29, 1.82) is 0 Å². The van der Waals surface area contributed by atoms with Crippen molar-refractivity contribution < 1.29 is 9.21 Å². The Balaban J connectivity index is 1.68. The van der Waals surface area contributed by atoms with E-state index in [0.29, 0.717) is 22.2 Å². The molecule has 2 aromatic carbocycles. The smallest absolute Gasteiger partial charge is 0.254 e. The van der Waals surface area contributed by atoms with Gasteiger partial charge in [0, 0.05) is 29.2 Å². The first-order valence-electron chi connectivity index (χ1n) is 8.33. The molecule has 25 heavy (non-hydrogen) atoms. The maximum atomic E-state index is 12.8. The van der Waals surface area contributed by atoms with Crippen LogP contribution < -0.4 is 0 Å². The molecule has 126 valence electrons. The number of benzene rings is 2. The lowest BCUT2D eigenvalue weighted by atomic mass is 10.1. The topological polar surface area (TPSA) is 46.3 Å². The third-order valence-electron chi connectivity index (χ3n) is 4.42. The number of halogens is 1. The van der Waals surface area contributed by atoms with Gasteiger partial charge < -0.3 is 9.32 Å². The monoisotopic (exact) mass is 352 g/mol. The molecule has 0 radical (unpaired) electrons. The second-order valence-corrected chi connectivity index (χ2v) is 6.52. The van der Waals surface area contributed by atoms with Crippen LogP contribution in [0.1, 0.15) is 23.2 Å². The van der Waals surface area contributed by atoms with Crippen LogP contribution in [0.4, 0.5) is 0 Å². The molecule has 1 aliphatic heterocycles. The van der Waals surface area contributed by atoms with Gasteiger partial charge in [0.05, 0.1) is 11.8 Å². The van der Waals surface area contributed by atoms with Gasteiger partial charge in [-0.2, -0.15) is 0 Å². The molecular formula is C20H17ClN2O2. The van der Waals surface area contributed by atoms with E-state index in [2.05, 4.69) is 4.98 Å². The van der Waals surface area contributed by atoms with Gasteiger partial charge in [-0.15, -0.1) is 0 Å². The fourth-order valence-electron chi connectivity index (χ4n) is 3.09. The number of oxazole rings is 1. The van der Waals surface area contributed by atoms with Gasteiger partial charge in [-0.25, -0.2) is 4.98 Å². The molecule has 3 aromatic rings. The highest BCUT2D eigenvalue weighted by Crippen LogP contribution is 2.29. The SMILES string of the molecule is O=C(c1ccccc1-c1ncc(-c2ccc(Cl)cc2)o1)N1CCCC1. The summed E-state index contributed by atoms with van der Waals surface area (Å²) in [4.78, 5) is 19.1. The summed E-state index contributed by atoms with van der Waals surface area (Å²) in [5, 5.41) is 0.671. The van der Waals surface area contributed by atoms with E-state index in [1.54, 1.807) is 6.20 Å². The third kappa shape index (κ3) is 3.17. The molecule has 1 amide bonds. The standard InChI is InChI=1S/C20H17ClN2O2/c21-15-9-7-14(8-10-15)18-13-22-19(25-18)16-5-1-2-6-17(16)20(24)23-11-3-4-12-23/h1-2,5-10,13H,3-4,11-12H2. The predicted molar refractivity (Wildman–Crippen MR) is 97.5 cm³/mol. The van der Waals surface area contributed by atoms with Gasteiger partial charge in [0.1, 0.15) is 0 Å². The Morgan fingerprint density at radius 1 is 1.04 bits per heavy atom. The zero-order valence-electron chi connectivity index (χ0n) is 13.6. The molecule has 0 bridgehead atoms. The Bertz CT molecular complexity index is 896. The molecule has 1 fully saturated rings. The predicted octanol–water partition coefficient (Wildman–Crippen LogP) is 4.90. The van der Waals surface area contributed by atoms with Gasteiger partial charge in [-0.1, -0.05) is 23.7 Å². The molecule has 0 aliphatic carbocycles. The van der Waals surface area contributed by atoms with Crippen LogP contribution in [0.5, 0.6) is 0 Å². The second-order valence-electron chi connectivity index (χ2n) is 6.08. The number of nitrogens with zero attached hydrogens (tertiary/aromatic N) is 2. The first-order valence-corrected chi connectivity index (χ1v) is 8.70. The second kappa shape index (κ2) is 6.73. The van der Waals surface area contributed by atoms with E-state index in [0.717, 1.165) is 37.1 Å². The highest BCUT2D eigenvalue weighted by Gasteiger charge is 2.23. The minimum Gasteiger partial charge on any atom is -0.436 e. The van der Waals surface area contributed by atoms with Crippen LogP contribution in [0, 0.1) is 0 Å². The third-order valence-corrected chi connectivity index (χ3v) is 4.67. The average molecular weight is 353 g/mol. The van der Waals surface area contributed by atoms with Crippen molar-refractivity contribution in [1.82, 2.24) is 9.88 Å². The molecule has 0 unspecified atom stereocenters. The molecule has 1 aromatic heterocycles. The maximum absolute atomic E-state index is 12.8. The normalized spacial score (nSPS) is 14.0. The number of aromatic nitrogens is 1. The van der Waals surface area contributed by atoms with E-state index in [-0.39, 0.29) is 5.91 Å². The number of rotatable bonds is 3. The minimum atomic E-state index is 0.0411. The van der Waals surface area contributed by atoms with Crippen molar-refractivity contribution in [3.8, 4) is 22.8 Å². The zero-order valence-corrected chi connectivity index (χ0v) is 14.4. The lowest BCUT2D eigenvalue weighted by molar-refractivity contribution is 0.0793. The Morgan fingerprint density at radius 2 is 1.76 bits per heavy atom. The highest BCUT2D eigenvalue weighted by molar-refractivity contribution is 6.30. The van der Waals surface area contributed by atoms with E-state index in [4.69, 9.17) is 16.0 Å². The largest absolute Gasteiger partial charge is 0.436 e. The molecule has 0 saturated carbocycles. The van der Waals surface area contributed by atoms with E-state index in [1.807, 2.05) is 53.4 Å². The van der Waals surface area contributed by atoms with Crippen molar-refractivity contribution in [2.45, 2.75) is 12.8 Å². The number of carbonyl (C=O) groups excluding carboxylic acids is 1. The van der Waals surface area contributed by atoms with E-state index in [1.165, 1.54) is 0 Å². The Kier molecular flexibility index (Phi) is 4.28. The summed E-state index contributed by atoms with van der Waals surface area (Å²) < 4.78 is 5.92. The van der Waals surface area contributed by atoms with Crippen molar-refractivity contribution in [2.24, 2.45) is 0 Å². The summed E-state index contributed by atoms with van der Waals surface area (Å²) in [5.74, 6) is 1.14. The molecule has 0 atom stereocenters. The van der Waals surface area contributed by atoms with Crippen LogP contribution in [0.15, 0.2) is 59.1 Å². The van der Waals surface area contributed by atoms with Gasteiger partial charge in [-0.05, 0) is 49.2 Å². The molecule has 1 aliphatic rings. The quantitative estimate of drug-likeness (QED) is 0.673. The first-order chi connectivity index (χ1) is 12.2. The molecular weight excluding hydrogens is 336 g/mol. The lowest BCUT2D eigenvalue weighted by Gasteiger charge is -2.16. The number of carbonyl (C=O) groups is 1.